The lowest BCUT2D eigenvalue weighted by Crippen LogP contribution is -2.36. The van der Waals surface area contributed by atoms with Crippen LogP contribution < -0.4 is 11.1 Å². The number of hydrogen-bond donors (Lipinski definition) is 2. The smallest absolute Gasteiger partial charge is 0.191 e. The highest BCUT2D eigenvalue weighted by molar-refractivity contribution is 14.0. The van der Waals surface area contributed by atoms with Crippen LogP contribution in [0.5, 0.6) is 0 Å². The van der Waals surface area contributed by atoms with E-state index in [1.807, 2.05) is 11.9 Å². The zero-order chi connectivity index (χ0) is 12.1. The van der Waals surface area contributed by atoms with E-state index < -0.39 is 0 Å². The van der Waals surface area contributed by atoms with Crippen molar-refractivity contribution in [3.8, 4) is 0 Å². The van der Waals surface area contributed by atoms with Gasteiger partial charge in [0.15, 0.2) is 5.96 Å². The summed E-state index contributed by atoms with van der Waals surface area (Å²) in [4.78, 5) is 14.4. The van der Waals surface area contributed by atoms with Gasteiger partial charge in [-0.25, -0.2) is 4.98 Å². The Morgan fingerprint density at radius 2 is 2.33 bits per heavy atom. The molecule has 2 rings (SSSR count). The molecule has 6 nitrogen and oxygen atoms in total. The van der Waals surface area contributed by atoms with Gasteiger partial charge in [-0.05, 0) is 12.8 Å². The van der Waals surface area contributed by atoms with Crippen LogP contribution in [0.2, 0.25) is 0 Å². The Kier molecular flexibility index (Phi) is 6.10. The van der Waals surface area contributed by atoms with Crippen molar-refractivity contribution in [2.75, 3.05) is 25.5 Å². The highest BCUT2D eigenvalue weighted by Crippen LogP contribution is 2.24. The lowest BCUT2D eigenvalue weighted by molar-refractivity contribution is 0.488. The molecule has 0 aromatic carbocycles. The molecular weight excluding hydrogens is 343 g/mol. The van der Waals surface area contributed by atoms with Gasteiger partial charge in [0, 0.05) is 32.0 Å². The monoisotopic (exact) mass is 362 g/mol. The summed E-state index contributed by atoms with van der Waals surface area (Å²) < 4.78 is 0. The fourth-order valence-corrected chi connectivity index (χ4v) is 1.51. The van der Waals surface area contributed by atoms with Crippen molar-refractivity contribution in [1.82, 2.24) is 14.9 Å². The second kappa shape index (κ2) is 7.34. The third kappa shape index (κ3) is 4.63. The van der Waals surface area contributed by atoms with E-state index >= 15 is 0 Å². The number of halogens is 1. The topological polar surface area (TPSA) is 79.4 Å². The van der Waals surface area contributed by atoms with E-state index in [1.54, 1.807) is 18.6 Å². The van der Waals surface area contributed by atoms with Crippen molar-refractivity contribution >= 4 is 35.8 Å². The molecule has 100 valence electrons. The summed E-state index contributed by atoms with van der Waals surface area (Å²) in [6.07, 6.45) is 7.44. The van der Waals surface area contributed by atoms with Gasteiger partial charge in [0.25, 0.3) is 0 Å². The van der Waals surface area contributed by atoms with Crippen LogP contribution in [-0.4, -0.2) is 47.0 Å². The number of guanidine groups is 1. The summed E-state index contributed by atoms with van der Waals surface area (Å²) in [7, 11) is 1.99. The van der Waals surface area contributed by atoms with Crippen LogP contribution in [0.15, 0.2) is 23.6 Å². The normalized spacial score (nSPS) is 14.8. The average Bonchev–Trinajstić information content (AvgIpc) is 3.19. The van der Waals surface area contributed by atoms with Crippen LogP contribution in [0.4, 0.5) is 5.82 Å². The summed E-state index contributed by atoms with van der Waals surface area (Å²) in [6.45, 7) is 1.34. The first-order chi connectivity index (χ1) is 8.27. The number of nitrogens with zero attached hydrogens (tertiary/aromatic N) is 4. The van der Waals surface area contributed by atoms with Gasteiger partial charge in [0.2, 0.25) is 0 Å². The van der Waals surface area contributed by atoms with Crippen molar-refractivity contribution < 1.29 is 0 Å². The van der Waals surface area contributed by atoms with Crippen LogP contribution >= 0.6 is 24.0 Å². The van der Waals surface area contributed by atoms with Crippen molar-refractivity contribution in [3.63, 3.8) is 0 Å². The molecule has 0 bridgehead atoms. The number of aliphatic imine (C=N–C) groups is 1. The van der Waals surface area contributed by atoms with Crippen molar-refractivity contribution in [1.29, 1.82) is 0 Å². The summed E-state index contributed by atoms with van der Waals surface area (Å²) in [5.41, 5.74) is 5.86. The maximum atomic E-state index is 5.86. The zero-order valence-corrected chi connectivity index (χ0v) is 12.7. The van der Waals surface area contributed by atoms with Crippen molar-refractivity contribution in [2.24, 2.45) is 10.7 Å². The number of hydrogen-bond acceptors (Lipinski definition) is 4. The largest absolute Gasteiger partial charge is 0.370 e. The van der Waals surface area contributed by atoms with E-state index in [0.717, 1.165) is 5.82 Å². The zero-order valence-electron chi connectivity index (χ0n) is 10.4. The number of anilines is 1. The standard InChI is InChI=1S/C11H18N6.HI/c1-17(9-2-3-9)11(12)16-7-6-15-10-8-13-4-5-14-10;/h4-5,8-9H,2-3,6-7H2,1H3,(H2,12,16)(H,14,15);1H. The molecule has 0 saturated heterocycles. The van der Waals surface area contributed by atoms with Gasteiger partial charge in [-0.15, -0.1) is 24.0 Å². The van der Waals surface area contributed by atoms with Crippen LogP contribution in [0.1, 0.15) is 12.8 Å². The fourth-order valence-electron chi connectivity index (χ4n) is 1.51. The second-order valence-corrected chi connectivity index (χ2v) is 4.10. The number of nitrogens with one attached hydrogen (secondary N) is 1. The van der Waals surface area contributed by atoms with Crippen LogP contribution in [0.25, 0.3) is 0 Å². The minimum atomic E-state index is 0. The molecule has 0 unspecified atom stereocenters. The molecule has 1 aliphatic carbocycles. The predicted octanol–water partition coefficient (Wildman–Crippen LogP) is 0.915. The Morgan fingerprint density at radius 1 is 1.56 bits per heavy atom. The summed E-state index contributed by atoms with van der Waals surface area (Å²) in [5.74, 6) is 1.38. The van der Waals surface area contributed by atoms with Gasteiger partial charge in [0.1, 0.15) is 5.82 Å². The SMILES string of the molecule is CN(C(N)=NCCNc1cnccn1)C1CC1.I. The molecule has 18 heavy (non-hydrogen) atoms. The molecule has 0 radical (unpaired) electrons. The van der Waals surface area contributed by atoms with E-state index in [-0.39, 0.29) is 24.0 Å². The maximum absolute atomic E-state index is 5.86. The van der Waals surface area contributed by atoms with Crippen LogP contribution in [-0.2, 0) is 0 Å². The number of nitrogens with two attached hydrogens (primary N) is 1. The van der Waals surface area contributed by atoms with E-state index in [9.17, 15) is 0 Å². The highest BCUT2D eigenvalue weighted by atomic mass is 127. The lowest BCUT2D eigenvalue weighted by Gasteiger charge is -2.16. The Bertz CT molecular complexity index is 378. The third-order valence-corrected chi connectivity index (χ3v) is 2.71. The van der Waals surface area contributed by atoms with Gasteiger partial charge < -0.3 is 16.0 Å². The number of rotatable bonds is 5. The maximum Gasteiger partial charge on any atom is 0.191 e. The first kappa shape index (κ1) is 14.9. The van der Waals surface area contributed by atoms with Crippen molar-refractivity contribution in [2.45, 2.75) is 18.9 Å². The first-order valence-electron chi connectivity index (χ1n) is 5.80. The Hall–Kier alpha value is -1.12. The molecule has 1 aliphatic rings. The van der Waals surface area contributed by atoms with Crippen molar-refractivity contribution in [3.05, 3.63) is 18.6 Å². The molecule has 1 saturated carbocycles. The average molecular weight is 362 g/mol. The molecule has 7 heteroatoms. The van der Waals surface area contributed by atoms with Crippen LogP contribution in [0.3, 0.4) is 0 Å². The minimum absolute atomic E-state index is 0. The Morgan fingerprint density at radius 3 is 2.94 bits per heavy atom. The van der Waals surface area contributed by atoms with Gasteiger partial charge >= 0.3 is 0 Å². The van der Waals surface area contributed by atoms with Gasteiger partial charge in [-0.1, -0.05) is 0 Å². The molecular formula is C11H19IN6. The molecule has 1 heterocycles. The predicted molar refractivity (Wildman–Crippen MR) is 83.2 cm³/mol. The van der Waals surface area contributed by atoms with E-state index in [0.29, 0.717) is 25.1 Å². The van der Waals surface area contributed by atoms with E-state index in [4.69, 9.17) is 5.73 Å². The molecule has 0 atom stereocenters. The first-order valence-corrected chi connectivity index (χ1v) is 5.80. The molecule has 1 fully saturated rings. The third-order valence-electron chi connectivity index (χ3n) is 2.71. The summed E-state index contributed by atoms with van der Waals surface area (Å²) in [5, 5.41) is 3.13. The van der Waals surface area contributed by atoms with Gasteiger partial charge in [-0.3, -0.25) is 9.98 Å². The van der Waals surface area contributed by atoms with Gasteiger partial charge in [0.05, 0.1) is 12.7 Å². The molecule has 0 aliphatic heterocycles. The van der Waals surface area contributed by atoms with Gasteiger partial charge in [-0.2, -0.15) is 0 Å². The van der Waals surface area contributed by atoms with E-state index in [2.05, 4.69) is 20.3 Å². The molecule has 3 N–H and O–H groups in total. The van der Waals surface area contributed by atoms with E-state index in [1.165, 1.54) is 12.8 Å². The Labute approximate surface area is 124 Å². The molecule has 1 aromatic rings. The lowest BCUT2D eigenvalue weighted by atomic mass is 10.5. The molecule has 1 aromatic heterocycles. The Balaban J connectivity index is 0.00000162. The second-order valence-electron chi connectivity index (χ2n) is 4.10. The molecule has 0 amide bonds. The quantitative estimate of drug-likeness (QED) is 0.352. The number of aromatic nitrogens is 2. The summed E-state index contributed by atoms with van der Waals surface area (Å²) >= 11 is 0. The highest BCUT2D eigenvalue weighted by Gasteiger charge is 2.27. The minimum Gasteiger partial charge on any atom is -0.370 e. The van der Waals surface area contributed by atoms with Crippen LogP contribution in [0, 0.1) is 0 Å². The summed E-state index contributed by atoms with van der Waals surface area (Å²) in [6, 6.07) is 0.603. The fraction of sp³-hybridized carbons (Fsp3) is 0.545. The molecule has 0 spiro atoms.